The van der Waals surface area contributed by atoms with E-state index in [1.807, 2.05) is 0 Å². The van der Waals surface area contributed by atoms with Gasteiger partial charge in [0.2, 0.25) is 11.6 Å². The van der Waals surface area contributed by atoms with Crippen molar-refractivity contribution in [1.29, 1.82) is 0 Å². The number of aromatic nitrogens is 2. The number of nitro groups is 1. The SMILES string of the molecule is O=[N+]([O-])c1c(Nc2ccc(C(F)(F)F)cc2)ncnc1Nc1cc(F)ccc1F. The lowest BCUT2D eigenvalue weighted by atomic mass is 10.2. The van der Waals surface area contributed by atoms with Crippen molar-refractivity contribution < 1.29 is 26.9 Å². The normalized spacial score (nSPS) is 11.2. The zero-order chi connectivity index (χ0) is 21.2. The maximum atomic E-state index is 13.8. The summed E-state index contributed by atoms with van der Waals surface area (Å²) in [6, 6.07) is 6.18. The summed E-state index contributed by atoms with van der Waals surface area (Å²) in [6.45, 7) is 0. The van der Waals surface area contributed by atoms with Crippen LogP contribution in [-0.4, -0.2) is 14.9 Å². The number of hydrogen-bond donors (Lipinski definition) is 2. The van der Waals surface area contributed by atoms with Crippen LogP contribution in [0.25, 0.3) is 0 Å². The molecule has 0 aliphatic carbocycles. The van der Waals surface area contributed by atoms with Gasteiger partial charge in [0.1, 0.15) is 18.0 Å². The summed E-state index contributed by atoms with van der Waals surface area (Å²) in [5, 5.41) is 16.3. The molecule has 0 amide bonds. The molecular weight excluding hydrogens is 401 g/mol. The Morgan fingerprint density at radius 3 is 2.14 bits per heavy atom. The summed E-state index contributed by atoms with van der Waals surface area (Å²) in [6.07, 6.45) is -3.62. The van der Waals surface area contributed by atoms with Gasteiger partial charge in [-0.05, 0) is 36.4 Å². The van der Waals surface area contributed by atoms with Crippen molar-refractivity contribution in [3.63, 3.8) is 0 Å². The molecule has 29 heavy (non-hydrogen) atoms. The van der Waals surface area contributed by atoms with E-state index in [0.29, 0.717) is 0 Å². The van der Waals surface area contributed by atoms with E-state index in [4.69, 9.17) is 0 Å². The Bertz CT molecular complexity index is 1060. The van der Waals surface area contributed by atoms with Crippen molar-refractivity contribution in [3.8, 4) is 0 Å². The van der Waals surface area contributed by atoms with Gasteiger partial charge in [0.15, 0.2) is 0 Å². The molecule has 12 heteroatoms. The quantitative estimate of drug-likeness (QED) is 0.342. The van der Waals surface area contributed by atoms with E-state index in [9.17, 15) is 32.1 Å². The molecular formula is C17H10F5N5O2. The molecule has 0 fully saturated rings. The molecule has 3 rings (SSSR count). The zero-order valence-corrected chi connectivity index (χ0v) is 14.2. The molecule has 0 spiro atoms. The minimum atomic E-state index is -4.54. The Morgan fingerprint density at radius 2 is 1.55 bits per heavy atom. The third-order valence-corrected chi connectivity index (χ3v) is 3.66. The molecule has 2 N–H and O–H groups in total. The van der Waals surface area contributed by atoms with Crippen LogP contribution in [0.2, 0.25) is 0 Å². The van der Waals surface area contributed by atoms with Crippen molar-refractivity contribution in [2.45, 2.75) is 6.18 Å². The number of benzene rings is 2. The van der Waals surface area contributed by atoms with Crippen molar-refractivity contribution in [1.82, 2.24) is 9.97 Å². The van der Waals surface area contributed by atoms with Gasteiger partial charge in [-0.15, -0.1) is 0 Å². The van der Waals surface area contributed by atoms with Gasteiger partial charge in [-0.25, -0.2) is 18.7 Å². The average Bonchev–Trinajstić information content (AvgIpc) is 2.64. The Hall–Kier alpha value is -3.83. The van der Waals surface area contributed by atoms with E-state index in [1.54, 1.807) is 0 Å². The second-order valence-electron chi connectivity index (χ2n) is 5.63. The average molecular weight is 411 g/mol. The van der Waals surface area contributed by atoms with Crippen LogP contribution in [0, 0.1) is 21.7 Å². The summed E-state index contributed by atoms with van der Waals surface area (Å²) in [4.78, 5) is 18.0. The van der Waals surface area contributed by atoms with Crippen LogP contribution in [0.3, 0.4) is 0 Å². The molecule has 3 aromatic rings. The van der Waals surface area contributed by atoms with E-state index in [1.165, 1.54) is 0 Å². The fraction of sp³-hybridized carbons (Fsp3) is 0.0588. The van der Waals surface area contributed by atoms with Crippen molar-refractivity contribution in [2.75, 3.05) is 10.6 Å². The van der Waals surface area contributed by atoms with E-state index in [-0.39, 0.29) is 11.5 Å². The van der Waals surface area contributed by atoms with Gasteiger partial charge < -0.3 is 10.6 Å². The Morgan fingerprint density at radius 1 is 0.931 bits per heavy atom. The molecule has 7 nitrogen and oxygen atoms in total. The first-order valence-electron chi connectivity index (χ1n) is 7.81. The van der Waals surface area contributed by atoms with Crippen LogP contribution in [0.1, 0.15) is 5.56 Å². The fourth-order valence-corrected chi connectivity index (χ4v) is 2.33. The predicted octanol–water partition coefficient (Wildman–Crippen LogP) is 5.17. The van der Waals surface area contributed by atoms with Crippen molar-refractivity contribution in [3.05, 3.63) is 76.1 Å². The van der Waals surface area contributed by atoms with Crippen LogP contribution < -0.4 is 10.6 Å². The first kappa shape index (κ1) is 19.9. The van der Waals surface area contributed by atoms with E-state index < -0.39 is 45.5 Å². The molecule has 0 aliphatic heterocycles. The highest BCUT2D eigenvalue weighted by atomic mass is 19.4. The lowest BCUT2D eigenvalue weighted by molar-refractivity contribution is -0.383. The highest BCUT2D eigenvalue weighted by Gasteiger charge is 2.30. The molecule has 0 unspecified atom stereocenters. The number of alkyl halides is 3. The Balaban J connectivity index is 1.95. The maximum Gasteiger partial charge on any atom is 0.416 e. The minimum Gasteiger partial charge on any atom is -0.334 e. The molecule has 150 valence electrons. The van der Waals surface area contributed by atoms with Gasteiger partial charge in [-0.3, -0.25) is 10.1 Å². The van der Waals surface area contributed by atoms with Crippen LogP contribution in [0.4, 0.5) is 50.6 Å². The topological polar surface area (TPSA) is 93.0 Å². The third-order valence-electron chi connectivity index (χ3n) is 3.66. The largest absolute Gasteiger partial charge is 0.416 e. The number of hydrogen-bond acceptors (Lipinski definition) is 6. The summed E-state index contributed by atoms with van der Waals surface area (Å²) >= 11 is 0. The van der Waals surface area contributed by atoms with Gasteiger partial charge in [0, 0.05) is 11.8 Å². The molecule has 2 aromatic carbocycles. The zero-order valence-electron chi connectivity index (χ0n) is 14.2. The second kappa shape index (κ2) is 7.66. The maximum absolute atomic E-state index is 13.8. The Kier molecular flexibility index (Phi) is 5.26. The van der Waals surface area contributed by atoms with Crippen LogP contribution in [-0.2, 0) is 6.18 Å². The molecule has 0 bridgehead atoms. The number of halogens is 5. The number of rotatable bonds is 5. The lowest BCUT2D eigenvalue weighted by Gasteiger charge is -2.11. The summed E-state index contributed by atoms with van der Waals surface area (Å²) in [5.74, 6) is -2.46. The lowest BCUT2D eigenvalue weighted by Crippen LogP contribution is -2.07. The summed E-state index contributed by atoms with van der Waals surface area (Å²) in [7, 11) is 0. The van der Waals surface area contributed by atoms with Gasteiger partial charge in [-0.1, -0.05) is 0 Å². The highest BCUT2D eigenvalue weighted by Crippen LogP contribution is 2.35. The van der Waals surface area contributed by atoms with Crippen molar-refractivity contribution >= 4 is 28.7 Å². The molecule has 0 saturated carbocycles. The van der Waals surface area contributed by atoms with Gasteiger partial charge >= 0.3 is 11.9 Å². The minimum absolute atomic E-state index is 0.0858. The smallest absolute Gasteiger partial charge is 0.334 e. The molecule has 1 aromatic heterocycles. The van der Waals surface area contributed by atoms with Crippen molar-refractivity contribution in [2.24, 2.45) is 0 Å². The molecule has 0 radical (unpaired) electrons. The van der Waals surface area contributed by atoms with Crippen LogP contribution >= 0.6 is 0 Å². The summed E-state index contributed by atoms with van der Waals surface area (Å²) in [5.41, 5.74) is -1.92. The third kappa shape index (κ3) is 4.54. The van der Waals surface area contributed by atoms with Crippen LogP contribution in [0.5, 0.6) is 0 Å². The molecule has 1 heterocycles. The first-order valence-corrected chi connectivity index (χ1v) is 7.81. The van der Waals surface area contributed by atoms with E-state index >= 15 is 0 Å². The molecule has 0 aliphatic rings. The van der Waals surface area contributed by atoms with E-state index in [0.717, 1.165) is 48.8 Å². The number of nitrogens with one attached hydrogen (secondary N) is 2. The van der Waals surface area contributed by atoms with Gasteiger partial charge in [0.05, 0.1) is 16.2 Å². The fourth-order valence-electron chi connectivity index (χ4n) is 2.33. The predicted molar refractivity (Wildman–Crippen MR) is 93.1 cm³/mol. The van der Waals surface area contributed by atoms with Crippen LogP contribution in [0.15, 0.2) is 48.8 Å². The van der Waals surface area contributed by atoms with E-state index in [2.05, 4.69) is 20.6 Å². The van der Waals surface area contributed by atoms with Gasteiger partial charge in [0.25, 0.3) is 0 Å². The standard InChI is InChI=1S/C17H10F5N5O2/c18-10-3-6-12(19)13(7-10)26-16-14(27(28)29)15(23-8-24-16)25-11-4-1-9(2-5-11)17(20,21)22/h1-8H,(H2,23,24,25,26). The monoisotopic (exact) mass is 411 g/mol. The second-order valence-corrected chi connectivity index (χ2v) is 5.63. The number of anilines is 4. The first-order chi connectivity index (χ1) is 13.6. The summed E-state index contributed by atoms with van der Waals surface area (Å²) < 4.78 is 65.1. The highest BCUT2D eigenvalue weighted by molar-refractivity contribution is 5.76. The number of nitrogens with zero attached hydrogens (tertiary/aromatic N) is 3. The van der Waals surface area contributed by atoms with Gasteiger partial charge in [-0.2, -0.15) is 13.2 Å². The molecule has 0 atom stereocenters. The molecule has 0 saturated heterocycles. The Labute approximate surface area is 159 Å².